The Morgan fingerprint density at radius 3 is 2.53 bits per heavy atom. The van der Waals surface area contributed by atoms with Gasteiger partial charge < -0.3 is 24.9 Å². The zero-order chi connectivity index (χ0) is 27.0. The lowest BCUT2D eigenvalue weighted by Crippen LogP contribution is -2.52. The topological polar surface area (TPSA) is 25.0 Å². The Bertz CT molecular complexity index is 1150. The lowest BCUT2D eigenvalue weighted by Gasteiger charge is -2.40. The Morgan fingerprint density at radius 1 is 1.05 bits per heavy atom. The number of hydrogen-bond acceptors (Lipinski definition) is 5. The van der Waals surface area contributed by atoms with Crippen LogP contribution in [0.1, 0.15) is 74.6 Å². The minimum atomic E-state index is 0.247. The number of nitrogens with zero attached hydrogens (tertiary/aromatic N) is 4. The average Bonchev–Trinajstić information content (AvgIpc) is 3.43. The molecule has 2 aromatic rings. The standard InChI is InChI=1S/C33H49N5/c1-8-11-12-17-36(6)23(4)26-18-24(10-3)32-29(19-26)34-33(37(32)7)30-20-25-14-13-15-28(27-21-35(5)22-27)31(25)38(30)16-9-2/h13-15,18-19,27,30,33-34H,4,8-12,16-17,20-22H2,1-3,5-7H3. The number of aryl methyl sites for hydroxylation is 1. The van der Waals surface area contributed by atoms with E-state index in [4.69, 9.17) is 0 Å². The Labute approximate surface area is 231 Å². The highest BCUT2D eigenvalue weighted by Gasteiger charge is 2.43. The van der Waals surface area contributed by atoms with Crippen LogP contribution >= 0.6 is 0 Å². The SMILES string of the molecule is C=C(c1cc(CC)c2c(c1)NC(C1Cc3cccc(C4CN(C)C4)c3N1CCC)N2C)N(C)CCCCC. The molecule has 5 nitrogen and oxygen atoms in total. The van der Waals surface area contributed by atoms with Crippen LogP contribution in [0.5, 0.6) is 0 Å². The highest BCUT2D eigenvalue weighted by Crippen LogP contribution is 2.46. The Morgan fingerprint density at radius 2 is 1.84 bits per heavy atom. The molecule has 38 heavy (non-hydrogen) atoms. The van der Waals surface area contributed by atoms with Crippen LogP contribution in [-0.2, 0) is 12.8 Å². The summed E-state index contributed by atoms with van der Waals surface area (Å²) >= 11 is 0. The van der Waals surface area contributed by atoms with E-state index in [0.717, 1.165) is 38.0 Å². The quantitative estimate of drug-likeness (QED) is 0.349. The van der Waals surface area contributed by atoms with Crippen LogP contribution in [0.3, 0.4) is 0 Å². The van der Waals surface area contributed by atoms with Crippen LogP contribution in [0.25, 0.3) is 5.70 Å². The van der Waals surface area contributed by atoms with Gasteiger partial charge in [-0.15, -0.1) is 0 Å². The second kappa shape index (κ2) is 11.2. The van der Waals surface area contributed by atoms with Crippen molar-refractivity contribution in [2.24, 2.45) is 0 Å². The first-order valence-corrected chi connectivity index (χ1v) is 15.0. The third kappa shape index (κ3) is 4.79. The summed E-state index contributed by atoms with van der Waals surface area (Å²) in [6.45, 7) is 15.9. The average molecular weight is 516 g/mol. The zero-order valence-corrected chi connectivity index (χ0v) is 24.7. The van der Waals surface area contributed by atoms with E-state index in [9.17, 15) is 0 Å². The first-order chi connectivity index (χ1) is 18.4. The Hall–Kier alpha value is -2.66. The van der Waals surface area contributed by atoms with E-state index < -0.39 is 0 Å². The normalized spacial score (nSPS) is 20.8. The molecule has 0 aliphatic carbocycles. The van der Waals surface area contributed by atoms with Crippen molar-refractivity contribution in [3.8, 4) is 0 Å². The van der Waals surface area contributed by atoms with Gasteiger partial charge in [0.2, 0.25) is 0 Å². The molecule has 3 aliphatic rings. The summed E-state index contributed by atoms with van der Waals surface area (Å²) in [5.41, 5.74) is 11.0. The number of fused-ring (bicyclic) bond motifs is 2. The molecule has 1 N–H and O–H groups in total. The van der Waals surface area contributed by atoms with Crippen LogP contribution in [0.15, 0.2) is 36.9 Å². The predicted octanol–water partition coefficient (Wildman–Crippen LogP) is 6.40. The van der Waals surface area contributed by atoms with E-state index in [1.165, 1.54) is 66.1 Å². The van der Waals surface area contributed by atoms with Crippen molar-refractivity contribution >= 4 is 22.8 Å². The van der Waals surface area contributed by atoms with Gasteiger partial charge in [-0.25, -0.2) is 0 Å². The largest absolute Gasteiger partial charge is 0.375 e. The molecule has 2 atom stereocenters. The number of unbranched alkanes of at least 4 members (excludes halogenated alkanes) is 2. The summed E-state index contributed by atoms with van der Waals surface area (Å²) in [4.78, 5) is 10.0. The number of nitrogens with one attached hydrogen (secondary N) is 1. The highest BCUT2D eigenvalue weighted by molar-refractivity contribution is 5.84. The molecule has 0 amide bonds. The zero-order valence-electron chi connectivity index (χ0n) is 24.7. The third-order valence-corrected chi connectivity index (χ3v) is 9.13. The number of benzene rings is 2. The minimum absolute atomic E-state index is 0.247. The molecule has 206 valence electrons. The molecule has 3 aliphatic heterocycles. The fourth-order valence-corrected chi connectivity index (χ4v) is 7.01. The van der Waals surface area contributed by atoms with Crippen molar-refractivity contribution in [3.05, 3.63) is 59.2 Å². The fraction of sp³-hybridized carbons (Fsp3) is 0.576. The molecular weight excluding hydrogens is 466 g/mol. The number of para-hydroxylation sites is 1. The molecule has 1 fully saturated rings. The molecule has 5 heteroatoms. The van der Waals surface area contributed by atoms with Crippen molar-refractivity contribution < 1.29 is 0 Å². The van der Waals surface area contributed by atoms with Crippen LogP contribution in [0, 0.1) is 0 Å². The van der Waals surface area contributed by atoms with Crippen molar-refractivity contribution in [2.75, 3.05) is 62.4 Å². The van der Waals surface area contributed by atoms with Gasteiger partial charge in [-0.3, -0.25) is 0 Å². The van der Waals surface area contributed by atoms with Gasteiger partial charge in [0.25, 0.3) is 0 Å². The van der Waals surface area contributed by atoms with Gasteiger partial charge in [-0.2, -0.15) is 0 Å². The van der Waals surface area contributed by atoms with Crippen molar-refractivity contribution in [1.29, 1.82) is 0 Å². The maximum absolute atomic E-state index is 4.50. The molecular formula is C33H49N5. The van der Waals surface area contributed by atoms with E-state index in [2.05, 4.69) is 104 Å². The van der Waals surface area contributed by atoms with Crippen molar-refractivity contribution in [2.45, 2.75) is 77.4 Å². The van der Waals surface area contributed by atoms with Gasteiger partial charge in [0.15, 0.2) is 0 Å². The summed E-state index contributed by atoms with van der Waals surface area (Å²) in [6, 6.07) is 12.2. The number of rotatable bonds is 11. The van der Waals surface area contributed by atoms with Crippen LogP contribution in [0.4, 0.5) is 17.1 Å². The lowest BCUT2D eigenvalue weighted by atomic mass is 9.89. The van der Waals surface area contributed by atoms with Crippen LogP contribution in [-0.4, -0.2) is 69.3 Å². The number of likely N-dealkylation sites (tertiary alicyclic amines) is 1. The smallest absolute Gasteiger partial charge is 0.120 e. The van der Waals surface area contributed by atoms with Crippen molar-refractivity contribution in [3.63, 3.8) is 0 Å². The number of hydrogen-bond donors (Lipinski definition) is 1. The summed E-state index contributed by atoms with van der Waals surface area (Å²) in [7, 11) is 6.72. The maximum atomic E-state index is 4.50. The second-order valence-corrected chi connectivity index (χ2v) is 11.9. The van der Waals surface area contributed by atoms with E-state index >= 15 is 0 Å². The third-order valence-electron chi connectivity index (χ3n) is 9.13. The van der Waals surface area contributed by atoms with E-state index in [0.29, 0.717) is 12.0 Å². The summed E-state index contributed by atoms with van der Waals surface area (Å²) < 4.78 is 0. The van der Waals surface area contributed by atoms with E-state index in [-0.39, 0.29) is 6.17 Å². The highest BCUT2D eigenvalue weighted by atomic mass is 15.4. The Kier molecular flexibility index (Phi) is 7.95. The van der Waals surface area contributed by atoms with Gasteiger partial charge in [0.05, 0.1) is 17.4 Å². The Balaban J connectivity index is 1.42. The first kappa shape index (κ1) is 26.9. The van der Waals surface area contributed by atoms with Crippen molar-refractivity contribution in [1.82, 2.24) is 9.80 Å². The first-order valence-electron chi connectivity index (χ1n) is 15.0. The van der Waals surface area contributed by atoms with Gasteiger partial charge in [0, 0.05) is 57.6 Å². The molecule has 0 bridgehead atoms. The molecule has 3 heterocycles. The summed E-state index contributed by atoms with van der Waals surface area (Å²) in [5.74, 6) is 0.661. The second-order valence-electron chi connectivity index (χ2n) is 11.9. The molecule has 0 saturated carbocycles. The van der Waals surface area contributed by atoms with Gasteiger partial charge in [-0.05, 0) is 67.1 Å². The molecule has 1 saturated heterocycles. The predicted molar refractivity (Wildman–Crippen MR) is 165 cm³/mol. The van der Waals surface area contributed by atoms with E-state index in [1.54, 1.807) is 5.56 Å². The molecule has 0 radical (unpaired) electrons. The van der Waals surface area contributed by atoms with Gasteiger partial charge >= 0.3 is 0 Å². The van der Waals surface area contributed by atoms with E-state index in [1.807, 2.05) is 0 Å². The molecule has 5 rings (SSSR count). The van der Waals surface area contributed by atoms with Gasteiger partial charge in [0.1, 0.15) is 6.17 Å². The van der Waals surface area contributed by atoms with Crippen LogP contribution in [0.2, 0.25) is 0 Å². The van der Waals surface area contributed by atoms with Crippen LogP contribution < -0.4 is 15.1 Å². The number of likely N-dealkylation sites (N-methyl/N-ethyl adjacent to an activating group) is 2. The molecule has 2 aromatic carbocycles. The van der Waals surface area contributed by atoms with Gasteiger partial charge in [-0.1, -0.05) is 58.4 Å². The summed E-state index contributed by atoms with van der Waals surface area (Å²) in [5, 5.41) is 4.01. The fourth-order valence-electron chi connectivity index (χ4n) is 7.01. The number of anilines is 3. The lowest BCUT2D eigenvalue weighted by molar-refractivity contribution is 0.190. The molecule has 0 spiro atoms. The summed E-state index contributed by atoms with van der Waals surface area (Å²) in [6.07, 6.45) is 7.26. The minimum Gasteiger partial charge on any atom is -0.375 e. The molecule has 0 aromatic heterocycles. The monoisotopic (exact) mass is 515 g/mol. The maximum Gasteiger partial charge on any atom is 0.120 e. The molecule has 2 unspecified atom stereocenters.